The van der Waals surface area contributed by atoms with Crippen LogP contribution in [0.2, 0.25) is 0 Å². The van der Waals surface area contributed by atoms with E-state index in [9.17, 15) is 14.7 Å². The fraction of sp³-hybridized carbons (Fsp3) is 0.214. The van der Waals surface area contributed by atoms with Crippen molar-refractivity contribution in [1.82, 2.24) is 0 Å². The molecule has 32 heavy (non-hydrogen) atoms. The molecule has 1 aliphatic rings. The van der Waals surface area contributed by atoms with Gasteiger partial charge in [-0.25, -0.2) is 4.79 Å². The number of ketones is 1. The van der Waals surface area contributed by atoms with Crippen molar-refractivity contribution in [2.45, 2.75) is 37.7 Å². The van der Waals surface area contributed by atoms with Crippen molar-refractivity contribution in [2.24, 2.45) is 0 Å². The Bertz CT molecular complexity index is 1100. The first-order valence-corrected chi connectivity index (χ1v) is 10.9. The SMILES string of the molecule is O=C(CCc1ccccc1)C1=C(O)CC(CCc2ccccc2)(c2ccccc2)OC1=O. The lowest BCUT2D eigenvalue weighted by molar-refractivity contribution is -0.162. The van der Waals surface area contributed by atoms with Crippen LogP contribution in [0.15, 0.2) is 102 Å². The molecule has 1 unspecified atom stereocenters. The molecule has 162 valence electrons. The molecule has 0 spiro atoms. The van der Waals surface area contributed by atoms with Crippen LogP contribution in [0.5, 0.6) is 0 Å². The standard InChI is InChI=1S/C28H26O4/c29-24(17-16-21-10-4-1-5-11-21)26-25(30)20-28(32-27(26)31,23-14-8-3-9-15-23)19-18-22-12-6-2-7-13-22/h1-15,30H,16-20H2. The van der Waals surface area contributed by atoms with Gasteiger partial charge in [-0.3, -0.25) is 4.79 Å². The van der Waals surface area contributed by atoms with E-state index in [0.717, 1.165) is 16.7 Å². The second kappa shape index (κ2) is 9.65. The number of aliphatic hydroxyl groups is 1. The normalized spacial score (nSPS) is 18.3. The van der Waals surface area contributed by atoms with E-state index in [-0.39, 0.29) is 30.0 Å². The summed E-state index contributed by atoms with van der Waals surface area (Å²) < 4.78 is 5.96. The van der Waals surface area contributed by atoms with E-state index in [1.54, 1.807) is 0 Å². The van der Waals surface area contributed by atoms with Gasteiger partial charge in [0.15, 0.2) is 5.78 Å². The monoisotopic (exact) mass is 426 g/mol. The summed E-state index contributed by atoms with van der Waals surface area (Å²) in [6.07, 6.45) is 1.90. The van der Waals surface area contributed by atoms with Gasteiger partial charge in [-0.05, 0) is 36.0 Å². The fourth-order valence-electron chi connectivity index (χ4n) is 4.22. The van der Waals surface area contributed by atoms with Gasteiger partial charge in [0.25, 0.3) is 0 Å². The predicted octanol–water partition coefficient (Wildman–Crippen LogP) is 5.48. The first-order valence-electron chi connectivity index (χ1n) is 10.9. The van der Waals surface area contributed by atoms with Crippen molar-refractivity contribution >= 4 is 11.8 Å². The van der Waals surface area contributed by atoms with Crippen molar-refractivity contribution in [1.29, 1.82) is 0 Å². The first-order chi connectivity index (χ1) is 15.6. The maximum atomic E-state index is 13.0. The molecule has 4 rings (SSSR count). The average molecular weight is 427 g/mol. The molecular weight excluding hydrogens is 400 g/mol. The van der Waals surface area contributed by atoms with E-state index in [1.807, 2.05) is 91.0 Å². The topological polar surface area (TPSA) is 63.6 Å². The van der Waals surface area contributed by atoms with Crippen LogP contribution in [-0.4, -0.2) is 16.9 Å². The Morgan fingerprint density at radius 3 is 1.91 bits per heavy atom. The lowest BCUT2D eigenvalue weighted by atomic mass is 9.81. The largest absolute Gasteiger partial charge is 0.511 e. The van der Waals surface area contributed by atoms with Crippen LogP contribution in [0, 0.1) is 0 Å². The van der Waals surface area contributed by atoms with Crippen LogP contribution >= 0.6 is 0 Å². The van der Waals surface area contributed by atoms with Crippen molar-refractivity contribution < 1.29 is 19.4 Å². The highest BCUT2D eigenvalue weighted by atomic mass is 16.6. The van der Waals surface area contributed by atoms with E-state index >= 15 is 0 Å². The van der Waals surface area contributed by atoms with Crippen LogP contribution in [0.3, 0.4) is 0 Å². The number of aliphatic hydroxyl groups excluding tert-OH is 1. The summed E-state index contributed by atoms with van der Waals surface area (Å²) in [5.41, 5.74) is 1.71. The molecular formula is C28H26O4. The summed E-state index contributed by atoms with van der Waals surface area (Å²) in [7, 11) is 0. The van der Waals surface area contributed by atoms with Gasteiger partial charge in [-0.15, -0.1) is 0 Å². The summed E-state index contributed by atoms with van der Waals surface area (Å²) in [5.74, 6) is -1.32. The fourth-order valence-corrected chi connectivity index (χ4v) is 4.22. The van der Waals surface area contributed by atoms with Gasteiger partial charge in [-0.2, -0.15) is 0 Å². The Hall–Kier alpha value is -3.66. The second-order valence-corrected chi connectivity index (χ2v) is 8.14. The summed E-state index contributed by atoms with van der Waals surface area (Å²) in [6, 6.07) is 29.0. The van der Waals surface area contributed by atoms with Crippen LogP contribution < -0.4 is 0 Å². The number of carbonyl (C=O) groups is 2. The zero-order valence-corrected chi connectivity index (χ0v) is 17.9. The number of aryl methyl sites for hydroxylation is 2. The number of Topliss-reactive ketones (excluding diaryl/α,β-unsaturated/α-hetero) is 1. The van der Waals surface area contributed by atoms with Crippen molar-refractivity contribution in [3.05, 3.63) is 119 Å². The van der Waals surface area contributed by atoms with Gasteiger partial charge < -0.3 is 9.84 Å². The van der Waals surface area contributed by atoms with Crippen molar-refractivity contribution in [3.8, 4) is 0 Å². The number of hydrogen-bond donors (Lipinski definition) is 1. The molecule has 3 aromatic carbocycles. The van der Waals surface area contributed by atoms with Gasteiger partial charge >= 0.3 is 5.97 Å². The Labute approximate surface area is 188 Å². The second-order valence-electron chi connectivity index (χ2n) is 8.14. The molecule has 0 saturated heterocycles. The smallest absolute Gasteiger partial charge is 0.346 e. The Morgan fingerprint density at radius 1 is 0.812 bits per heavy atom. The molecule has 0 bridgehead atoms. The number of esters is 1. The highest BCUT2D eigenvalue weighted by molar-refractivity contribution is 6.18. The third-order valence-electron chi connectivity index (χ3n) is 5.96. The number of rotatable bonds is 8. The van der Waals surface area contributed by atoms with Gasteiger partial charge in [0.2, 0.25) is 0 Å². The molecule has 0 aromatic heterocycles. The molecule has 0 fully saturated rings. The first kappa shape index (κ1) is 21.6. The molecule has 0 aliphatic carbocycles. The zero-order chi connectivity index (χ0) is 22.4. The molecule has 0 radical (unpaired) electrons. The van der Waals surface area contributed by atoms with Gasteiger partial charge in [0, 0.05) is 6.42 Å². The zero-order valence-electron chi connectivity index (χ0n) is 17.9. The molecule has 0 amide bonds. The number of cyclic esters (lactones) is 1. The molecule has 4 nitrogen and oxygen atoms in total. The van der Waals surface area contributed by atoms with E-state index < -0.39 is 11.6 Å². The minimum Gasteiger partial charge on any atom is -0.511 e. The van der Waals surface area contributed by atoms with Crippen LogP contribution in [0.1, 0.15) is 36.0 Å². The molecule has 1 atom stereocenters. The minimum atomic E-state index is -1.01. The number of benzene rings is 3. The average Bonchev–Trinajstić information content (AvgIpc) is 2.83. The van der Waals surface area contributed by atoms with Gasteiger partial charge in [0.1, 0.15) is 16.9 Å². The van der Waals surface area contributed by atoms with Gasteiger partial charge in [0.05, 0.1) is 6.42 Å². The maximum absolute atomic E-state index is 13.0. The highest BCUT2D eigenvalue weighted by Crippen LogP contribution is 2.41. The molecule has 0 saturated carbocycles. The Kier molecular flexibility index (Phi) is 6.50. The van der Waals surface area contributed by atoms with E-state index in [4.69, 9.17) is 4.74 Å². The maximum Gasteiger partial charge on any atom is 0.346 e. The molecule has 1 N–H and O–H groups in total. The highest BCUT2D eigenvalue weighted by Gasteiger charge is 2.44. The van der Waals surface area contributed by atoms with Crippen LogP contribution in [0.4, 0.5) is 0 Å². The lowest BCUT2D eigenvalue weighted by Crippen LogP contribution is -2.40. The predicted molar refractivity (Wildman–Crippen MR) is 123 cm³/mol. The summed E-state index contributed by atoms with van der Waals surface area (Å²) >= 11 is 0. The number of hydrogen-bond acceptors (Lipinski definition) is 4. The Morgan fingerprint density at radius 2 is 1.34 bits per heavy atom. The summed E-state index contributed by atoms with van der Waals surface area (Å²) in [6.45, 7) is 0. The minimum absolute atomic E-state index is 0.0853. The molecule has 1 heterocycles. The van der Waals surface area contributed by atoms with Gasteiger partial charge in [-0.1, -0.05) is 91.0 Å². The van der Waals surface area contributed by atoms with Crippen LogP contribution in [-0.2, 0) is 32.8 Å². The third-order valence-corrected chi connectivity index (χ3v) is 5.96. The number of carbonyl (C=O) groups excluding carboxylic acids is 2. The van der Waals surface area contributed by atoms with Crippen molar-refractivity contribution in [2.75, 3.05) is 0 Å². The quantitative estimate of drug-likeness (QED) is 0.383. The molecule has 4 heteroatoms. The third kappa shape index (κ3) is 4.80. The lowest BCUT2D eigenvalue weighted by Gasteiger charge is -2.37. The van der Waals surface area contributed by atoms with Crippen LogP contribution in [0.25, 0.3) is 0 Å². The van der Waals surface area contributed by atoms with E-state index in [0.29, 0.717) is 19.3 Å². The summed E-state index contributed by atoms with van der Waals surface area (Å²) in [5, 5.41) is 10.9. The number of ether oxygens (including phenoxy) is 1. The van der Waals surface area contributed by atoms with E-state index in [2.05, 4.69) is 0 Å². The molecule has 3 aromatic rings. The van der Waals surface area contributed by atoms with Crippen molar-refractivity contribution in [3.63, 3.8) is 0 Å². The molecule has 1 aliphatic heterocycles. The Balaban J connectivity index is 1.57. The van der Waals surface area contributed by atoms with E-state index in [1.165, 1.54) is 0 Å². The summed E-state index contributed by atoms with van der Waals surface area (Å²) in [4.78, 5) is 25.8.